The van der Waals surface area contributed by atoms with Crippen LogP contribution in [0.1, 0.15) is 57.8 Å². The Morgan fingerprint density at radius 3 is 2.64 bits per heavy atom. The number of nitrogens with zero attached hydrogens (tertiary/aromatic N) is 3. The van der Waals surface area contributed by atoms with Crippen molar-refractivity contribution in [2.75, 3.05) is 19.7 Å². The first-order chi connectivity index (χ1) is 13.3. The van der Waals surface area contributed by atoms with Crippen LogP contribution in [-0.4, -0.2) is 46.4 Å². The summed E-state index contributed by atoms with van der Waals surface area (Å²) in [6, 6.07) is 5.88. The number of aryl methyl sites for hydroxylation is 1. The molecule has 0 radical (unpaired) electrons. The molecule has 1 aliphatic heterocycles. The van der Waals surface area contributed by atoms with Crippen LogP contribution in [0.4, 0.5) is 4.79 Å². The molecular weight excluding hydrogens is 358 g/mol. The minimum Gasteiger partial charge on any atom is -0.494 e. The van der Waals surface area contributed by atoms with Gasteiger partial charge in [0.15, 0.2) is 5.82 Å². The van der Waals surface area contributed by atoms with E-state index in [1.54, 1.807) is 4.90 Å². The molecule has 1 aromatic heterocycles. The van der Waals surface area contributed by atoms with Gasteiger partial charge in [0, 0.05) is 24.6 Å². The lowest BCUT2D eigenvalue weighted by Gasteiger charge is -2.32. The van der Waals surface area contributed by atoms with Crippen molar-refractivity contribution in [1.29, 1.82) is 0 Å². The number of benzene rings is 1. The highest BCUT2D eigenvalue weighted by molar-refractivity contribution is 5.68. The number of rotatable bonds is 4. The Morgan fingerprint density at radius 1 is 1.29 bits per heavy atom. The molecule has 152 valence electrons. The van der Waals surface area contributed by atoms with Gasteiger partial charge in [-0.2, -0.15) is 4.98 Å². The molecule has 0 aliphatic carbocycles. The monoisotopic (exact) mass is 387 g/mol. The molecule has 1 fully saturated rings. The van der Waals surface area contributed by atoms with Gasteiger partial charge in [-0.05, 0) is 65.2 Å². The molecule has 2 heterocycles. The third kappa shape index (κ3) is 4.82. The van der Waals surface area contributed by atoms with Crippen LogP contribution in [0.25, 0.3) is 11.5 Å². The second kappa shape index (κ2) is 8.20. The number of hydrogen-bond donors (Lipinski definition) is 0. The topological polar surface area (TPSA) is 77.7 Å². The SMILES string of the molecule is CCOc1cc(-c2nc(C3CCN(C(=O)OC(C)(C)C)CC3)no2)ccc1C. The number of carbonyl (C=O) groups excluding carboxylic acids is 1. The predicted molar refractivity (Wildman–Crippen MR) is 105 cm³/mol. The average Bonchev–Trinajstić information content (AvgIpc) is 3.12. The van der Waals surface area contributed by atoms with Gasteiger partial charge in [-0.3, -0.25) is 0 Å². The number of likely N-dealkylation sites (tertiary alicyclic amines) is 1. The standard InChI is InChI=1S/C21H29N3O4/c1-6-26-17-13-16(8-7-14(17)2)19-22-18(23-28-19)15-9-11-24(12-10-15)20(25)27-21(3,4)5/h7-8,13,15H,6,9-12H2,1-5H3. The van der Waals surface area contributed by atoms with Gasteiger partial charge in [0.05, 0.1) is 6.61 Å². The van der Waals surface area contributed by atoms with Gasteiger partial charge >= 0.3 is 6.09 Å². The zero-order chi connectivity index (χ0) is 20.3. The Balaban J connectivity index is 1.64. The van der Waals surface area contributed by atoms with Crippen molar-refractivity contribution < 1.29 is 18.8 Å². The second-order valence-electron chi connectivity index (χ2n) is 8.11. The molecule has 1 saturated heterocycles. The van der Waals surface area contributed by atoms with Crippen LogP contribution >= 0.6 is 0 Å². The van der Waals surface area contributed by atoms with Crippen LogP contribution in [0, 0.1) is 6.92 Å². The van der Waals surface area contributed by atoms with Gasteiger partial charge < -0.3 is 18.9 Å². The number of piperidine rings is 1. The summed E-state index contributed by atoms with van der Waals surface area (Å²) in [5.41, 5.74) is 1.43. The predicted octanol–water partition coefficient (Wildman–Crippen LogP) is 4.56. The van der Waals surface area contributed by atoms with E-state index in [2.05, 4.69) is 10.1 Å². The Bertz CT molecular complexity index is 817. The summed E-state index contributed by atoms with van der Waals surface area (Å²) in [6.07, 6.45) is 1.31. The summed E-state index contributed by atoms with van der Waals surface area (Å²) in [5.74, 6) is 2.18. The molecule has 28 heavy (non-hydrogen) atoms. The van der Waals surface area contributed by atoms with Crippen molar-refractivity contribution >= 4 is 6.09 Å². The molecule has 2 aromatic rings. The number of hydrogen-bond acceptors (Lipinski definition) is 6. The van der Waals surface area contributed by atoms with E-state index in [4.69, 9.17) is 14.0 Å². The van der Waals surface area contributed by atoms with Crippen LogP contribution in [0.3, 0.4) is 0 Å². The van der Waals surface area contributed by atoms with E-state index in [1.807, 2.05) is 52.8 Å². The van der Waals surface area contributed by atoms with Crippen molar-refractivity contribution in [3.8, 4) is 17.2 Å². The maximum atomic E-state index is 12.2. The van der Waals surface area contributed by atoms with E-state index in [0.717, 1.165) is 29.7 Å². The molecule has 7 heteroatoms. The van der Waals surface area contributed by atoms with Gasteiger partial charge in [-0.15, -0.1) is 0 Å². The molecule has 1 aromatic carbocycles. The van der Waals surface area contributed by atoms with Gasteiger partial charge in [0.2, 0.25) is 0 Å². The zero-order valence-electron chi connectivity index (χ0n) is 17.3. The Kier molecular flexibility index (Phi) is 5.91. The largest absolute Gasteiger partial charge is 0.494 e. The van der Waals surface area contributed by atoms with Crippen molar-refractivity contribution in [3.63, 3.8) is 0 Å². The molecule has 0 bridgehead atoms. The normalized spacial score (nSPS) is 15.5. The maximum absolute atomic E-state index is 12.2. The Labute approximate surface area is 166 Å². The van der Waals surface area contributed by atoms with E-state index >= 15 is 0 Å². The molecule has 1 aliphatic rings. The maximum Gasteiger partial charge on any atom is 0.410 e. The molecule has 0 atom stereocenters. The summed E-state index contributed by atoms with van der Waals surface area (Å²) in [4.78, 5) is 18.5. The summed E-state index contributed by atoms with van der Waals surface area (Å²) >= 11 is 0. The van der Waals surface area contributed by atoms with E-state index < -0.39 is 5.60 Å². The number of aromatic nitrogens is 2. The Hall–Kier alpha value is -2.57. The van der Waals surface area contributed by atoms with E-state index in [9.17, 15) is 4.79 Å². The van der Waals surface area contributed by atoms with Crippen molar-refractivity contribution in [2.24, 2.45) is 0 Å². The average molecular weight is 387 g/mol. The number of carbonyl (C=O) groups is 1. The first-order valence-electron chi connectivity index (χ1n) is 9.82. The lowest BCUT2D eigenvalue weighted by molar-refractivity contribution is 0.0203. The fourth-order valence-corrected chi connectivity index (χ4v) is 3.21. The Morgan fingerprint density at radius 2 is 2.00 bits per heavy atom. The van der Waals surface area contributed by atoms with Crippen LogP contribution in [0.2, 0.25) is 0 Å². The molecular formula is C21H29N3O4. The fraction of sp³-hybridized carbons (Fsp3) is 0.571. The van der Waals surface area contributed by atoms with Gasteiger partial charge in [0.1, 0.15) is 11.4 Å². The van der Waals surface area contributed by atoms with Gasteiger partial charge in [-0.25, -0.2) is 4.79 Å². The van der Waals surface area contributed by atoms with Gasteiger partial charge in [-0.1, -0.05) is 11.2 Å². The van der Waals surface area contributed by atoms with Crippen molar-refractivity contribution in [1.82, 2.24) is 15.0 Å². The van der Waals surface area contributed by atoms with Crippen molar-refractivity contribution in [2.45, 2.75) is 59.0 Å². The van der Waals surface area contributed by atoms with E-state index in [-0.39, 0.29) is 12.0 Å². The van der Waals surface area contributed by atoms with Gasteiger partial charge in [0.25, 0.3) is 5.89 Å². The minimum absolute atomic E-state index is 0.174. The molecule has 1 amide bonds. The number of ether oxygens (including phenoxy) is 2. The molecule has 0 saturated carbocycles. The van der Waals surface area contributed by atoms with Crippen LogP contribution < -0.4 is 4.74 Å². The highest BCUT2D eigenvalue weighted by Crippen LogP contribution is 2.30. The third-order valence-corrected chi connectivity index (χ3v) is 4.69. The summed E-state index contributed by atoms with van der Waals surface area (Å²) in [6.45, 7) is 11.5. The fourth-order valence-electron chi connectivity index (χ4n) is 3.21. The lowest BCUT2D eigenvalue weighted by atomic mass is 9.96. The minimum atomic E-state index is -0.481. The number of amides is 1. The molecule has 0 N–H and O–H groups in total. The quantitative estimate of drug-likeness (QED) is 0.765. The van der Waals surface area contributed by atoms with Crippen molar-refractivity contribution in [3.05, 3.63) is 29.6 Å². The molecule has 0 unspecified atom stereocenters. The summed E-state index contributed by atoms with van der Waals surface area (Å²) in [5, 5.41) is 4.18. The molecule has 0 spiro atoms. The first kappa shape index (κ1) is 20.2. The van der Waals surface area contributed by atoms with E-state index in [1.165, 1.54) is 0 Å². The highest BCUT2D eigenvalue weighted by Gasteiger charge is 2.29. The molecule has 7 nitrogen and oxygen atoms in total. The first-order valence-corrected chi connectivity index (χ1v) is 9.82. The van der Waals surface area contributed by atoms with Crippen LogP contribution in [-0.2, 0) is 4.74 Å². The smallest absolute Gasteiger partial charge is 0.410 e. The zero-order valence-corrected chi connectivity index (χ0v) is 17.3. The summed E-state index contributed by atoms with van der Waals surface area (Å²) in [7, 11) is 0. The van der Waals surface area contributed by atoms with E-state index in [0.29, 0.717) is 31.4 Å². The molecule has 3 rings (SSSR count). The third-order valence-electron chi connectivity index (χ3n) is 4.69. The summed E-state index contributed by atoms with van der Waals surface area (Å²) < 4.78 is 16.6. The van der Waals surface area contributed by atoms with Crippen LogP contribution in [0.5, 0.6) is 5.75 Å². The van der Waals surface area contributed by atoms with Crippen LogP contribution in [0.15, 0.2) is 22.7 Å². The second-order valence-corrected chi connectivity index (χ2v) is 8.11. The highest BCUT2D eigenvalue weighted by atomic mass is 16.6. The lowest BCUT2D eigenvalue weighted by Crippen LogP contribution is -2.41.